The average molecular weight is 320 g/mol. The van der Waals surface area contributed by atoms with Crippen molar-refractivity contribution in [1.29, 1.82) is 0 Å². The summed E-state index contributed by atoms with van der Waals surface area (Å²) >= 11 is 0. The Morgan fingerprint density at radius 3 is 1.87 bits per heavy atom. The summed E-state index contributed by atoms with van der Waals surface area (Å²) in [7, 11) is 0. The van der Waals surface area contributed by atoms with Crippen molar-refractivity contribution in [2.24, 2.45) is 0 Å². The number of benzene rings is 1. The molecule has 128 valence electrons. The third kappa shape index (κ3) is 5.86. The molecule has 0 N–H and O–H groups in total. The molecular weight excluding hydrogens is 292 g/mol. The molecule has 0 aliphatic carbocycles. The molecule has 2 fully saturated rings. The van der Waals surface area contributed by atoms with Crippen LogP contribution in [0.25, 0.3) is 0 Å². The summed E-state index contributed by atoms with van der Waals surface area (Å²) in [6.45, 7) is 10.0. The SMILES string of the molecule is c1ccc(COC(CN2CCOCC2)CN2CCOCC2)cc1. The van der Waals surface area contributed by atoms with E-state index in [-0.39, 0.29) is 6.10 Å². The van der Waals surface area contributed by atoms with Crippen LogP contribution in [0.4, 0.5) is 0 Å². The van der Waals surface area contributed by atoms with Crippen LogP contribution in [0.2, 0.25) is 0 Å². The fourth-order valence-corrected chi connectivity index (χ4v) is 3.09. The molecule has 0 radical (unpaired) electrons. The monoisotopic (exact) mass is 320 g/mol. The van der Waals surface area contributed by atoms with Gasteiger partial charge in [0.2, 0.25) is 0 Å². The lowest BCUT2D eigenvalue weighted by Crippen LogP contribution is -2.47. The van der Waals surface area contributed by atoms with Gasteiger partial charge in [-0.1, -0.05) is 30.3 Å². The van der Waals surface area contributed by atoms with E-state index in [0.717, 1.165) is 65.7 Å². The normalized spacial score (nSPS) is 20.9. The molecule has 1 aromatic rings. The van der Waals surface area contributed by atoms with Crippen LogP contribution in [-0.4, -0.2) is 81.6 Å². The van der Waals surface area contributed by atoms with Crippen LogP contribution >= 0.6 is 0 Å². The maximum Gasteiger partial charge on any atom is 0.0833 e. The van der Waals surface area contributed by atoms with Crippen molar-refractivity contribution in [2.45, 2.75) is 12.7 Å². The Balaban J connectivity index is 1.52. The third-order valence-corrected chi connectivity index (χ3v) is 4.46. The summed E-state index contributed by atoms with van der Waals surface area (Å²) in [5.74, 6) is 0. The standard InChI is InChI=1S/C18H28N2O3/c1-2-4-17(5-3-1)16-23-18(14-19-6-10-21-11-7-19)15-20-8-12-22-13-9-20/h1-5,18H,6-16H2. The minimum absolute atomic E-state index is 0.228. The van der Waals surface area contributed by atoms with E-state index in [4.69, 9.17) is 14.2 Å². The summed E-state index contributed by atoms with van der Waals surface area (Å²) in [6.07, 6.45) is 0.228. The molecule has 23 heavy (non-hydrogen) atoms. The van der Waals surface area contributed by atoms with Gasteiger partial charge in [-0.15, -0.1) is 0 Å². The van der Waals surface area contributed by atoms with Gasteiger partial charge in [0.15, 0.2) is 0 Å². The van der Waals surface area contributed by atoms with Crippen molar-refractivity contribution in [3.05, 3.63) is 35.9 Å². The minimum Gasteiger partial charge on any atom is -0.379 e. The van der Waals surface area contributed by atoms with E-state index in [0.29, 0.717) is 6.61 Å². The van der Waals surface area contributed by atoms with Gasteiger partial charge < -0.3 is 14.2 Å². The van der Waals surface area contributed by atoms with Crippen molar-refractivity contribution < 1.29 is 14.2 Å². The quantitative estimate of drug-likeness (QED) is 0.755. The van der Waals surface area contributed by atoms with Gasteiger partial charge in [0, 0.05) is 39.3 Å². The molecule has 5 nitrogen and oxygen atoms in total. The van der Waals surface area contributed by atoms with Crippen molar-refractivity contribution in [1.82, 2.24) is 9.80 Å². The van der Waals surface area contributed by atoms with Crippen LogP contribution in [0.1, 0.15) is 5.56 Å². The van der Waals surface area contributed by atoms with Gasteiger partial charge in [-0.05, 0) is 5.56 Å². The highest BCUT2D eigenvalue weighted by Gasteiger charge is 2.21. The molecule has 0 aromatic heterocycles. The molecule has 0 atom stereocenters. The summed E-state index contributed by atoms with van der Waals surface area (Å²) in [4.78, 5) is 4.92. The van der Waals surface area contributed by atoms with Gasteiger partial charge in [-0.3, -0.25) is 9.80 Å². The molecule has 0 spiro atoms. The van der Waals surface area contributed by atoms with E-state index in [9.17, 15) is 0 Å². The second-order valence-corrected chi connectivity index (χ2v) is 6.24. The zero-order valence-electron chi connectivity index (χ0n) is 13.9. The molecule has 5 heteroatoms. The maximum absolute atomic E-state index is 6.27. The van der Waals surface area contributed by atoms with Crippen molar-refractivity contribution in [3.63, 3.8) is 0 Å². The third-order valence-electron chi connectivity index (χ3n) is 4.46. The zero-order chi connectivity index (χ0) is 15.7. The molecule has 2 aliphatic heterocycles. The highest BCUT2D eigenvalue weighted by molar-refractivity contribution is 5.13. The number of rotatable bonds is 7. The van der Waals surface area contributed by atoms with E-state index < -0.39 is 0 Å². The molecule has 0 saturated carbocycles. The first-order chi connectivity index (χ1) is 11.4. The Bertz CT molecular complexity index is 411. The summed E-state index contributed by atoms with van der Waals surface area (Å²) in [5.41, 5.74) is 1.24. The van der Waals surface area contributed by atoms with E-state index in [1.165, 1.54) is 5.56 Å². The Morgan fingerprint density at radius 2 is 1.35 bits per heavy atom. The smallest absolute Gasteiger partial charge is 0.0833 e. The predicted octanol–water partition coefficient (Wildman–Crippen LogP) is 1.24. The second-order valence-electron chi connectivity index (χ2n) is 6.24. The molecule has 3 rings (SSSR count). The highest BCUT2D eigenvalue weighted by atomic mass is 16.5. The number of hydrogen-bond acceptors (Lipinski definition) is 5. The molecule has 2 saturated heterocycles. The van der Waals surface area contributed by atoms with Crippen molar-refractivity contribution in [2.75, 3.05) is 65.7 Å². The number of ether oxygens (including phenoxy) is 3. The molecule has 0 bridgehead atoms. The molecule has 2 aliphatic rings. The molecule has 2 heterocycles. The largest absolute Gasteiger partial charge is 0.379 e. The van der Waals surface area contributed by atoms with Crippen LogP contribution in [0.5, 0.6) is 0 Å². The van der Waals surface area contributed by atoms with Crippen molar-refractivity contribution in [3.8, 4) is 0 Å². The highest BCUT2D eigenvalue weighted by Crippen LogP contribution is 2.09. The van der Waals surface area contributed by atoms with E-state index in [1.54, 1.807) is 0 Å². The Hall–Kier alpha value is -0.980. The van der Waals surface area contributed by atoms with Crippen LogP contribution in [0.3, 0.4) is 0 Å². The average Bonchev–Trinajstić information content (AvgIpc) is 2.62. The number of hydrogen-bond donors (Lipinski definition) is 0. The topological polar surface area (TPSA) is 34.2 Å². The first-order valence-corrected chi connectivity index (χ1v) is 8.66. The molecular formula is C18H28N2O3. The molecule has 0 amide bonds. The van der Waals surface area contributed by atoms with Gasteiger partial charge in [0.05, 0.1) is 39.1 Å². The van der Waals surface area contributed by atoms with E-state index >= 15 is 0 Å². The Kier molecular flexibility index (Phi) is 6.85. The lowest BCUT2D eigenvalue weighted by atomic mass is 10.2. The second kappa shape index (κ2) is 9.35. The first-order valence-electron chi connectivity index (χ1n) is 8.66. The van der Waals surface area contributed by atoms with Crippen molar-refractivity contribution >= 4 is 0 Å². The summed E-state index contributed by atoms with van der Waals surface area (Å²) in [5, 5.41) is 0. The van der Waals surface area contributed by atoms with Crippen LogP contribution in [0, 0.1) is 0 Å². The predicted molar refractivity (Wildman–Crippen MR) is 89.5 cm³/mol. The molecule has 0 unspecified atom stereocenters. The molecule has 1 aromatic carbocycles. The van der Waals surface area contributed by atoms with E-state index in [2.05, 4.69) is 34.1 Å². The van der Waals surface area contributed by atoms with Gasteiger partial charge >= 0.3 is 0 Å². The number of nitrogens with zero attached hydrogens (tertiary/aromatic N) is 2. The Morgan fingerprint density at radius 1 is 0.826 bits per heavy atom. The van der Waals surface area contributed by atoms with E-state index in [1.807, 2.05) is 6.07 Å². The van der Waals surface area contributed by atoms with Crippen LogP contribution < -0.4 is 0 Å². The maximum atomic E-state index is 6.27. The zero-order valence-corrected chi connectivity index (χ0v) is 13.9. The fourth-order valence-electron chi connectivity index (χ4n) is 3.09. The Labute approximate surface area is 139 Å². The lowest BCUT2D eigenvalue weighted by molar-refractivity contribution is -0.0445. The summed E-state index contributed by atoms with van der Waals surface area (Å²) < 4.78 is 17.2. The van der Waals surface area contributed by atoms with Gasteiger partial charge in [-0.25, -0.2) is 0 Å². The van der Waals surface area contributed by atoms with Gasteiger partial charge in [0.1, 0.15) is 0 Å². The number of morpholine rings is 2. The van der Waals surface area contributed by atoms with Crippen LogP contribution in [0.15, 0.2) is 30.3 Å². The lowest BCUT2D eigenvalue weighted by Gasteiger charge is -2.34. The van der Waals surface area contributed by atoms with Crippen LogP contribution in [-0.2, 0) is 20.8 Å². The summed E-state index contributed by atoms with van der Waals surface area (Å²) in [6, 6.07) is 10.4. The first kappa shape index (κ1) is 16.9. The fraction of sp³-hybridized carbons (Fsp3) is 0.667. The van der Waals surface area contributed by atoms with Gasteiger partial charge in [0.25, 0.3) is 0 Å². The minimum atomic E-state index is 0.228. The van der Waals surface area contributed by atoms with Gasteiger partial charge in [-0.2, -0.15) is 0 Å².